The highest BCUT2D eigenvalue weighted by atomic mass is 32.1. The second-order valence-electron chi connectivity index (χ2n) is 0.726. The van der Waals surface area contributed by atoms with Crippen LogP contribution in [0.4, 0.5) is 0 Å². The summed E-state index contributed by atoms with van der Waals surface area (Å²) in [6, 6.07) is 0. The van der Waals surface area contributed by atoms with Crippen LogP contribution in [-0.2, 0) is 0 Å². The fraction of sp³-hybridized carbons (Fsp3) is 0. The van der Waals surface area contributed by atoms with Crippen LogP contribution in [0, 0.1) is 11.5 Å². The Morgan fingerprint density at radius 3 is 2.57 bits per heavy atom. The molecule has 0 heterocycles. The lowest BCUT2D eigenvalue weighted by Crippen LogP contribution is -2.37. The van der Waals surface area contributed by atoms with Gasteiger partial charge in [0, 0.05) is 0 Å². The van der Waals surface area contributed by atoms with Gasteiger partial charge in [0.1, 0.15) is 0 Å². The van der Waals surface area contributed by atoms with Crippen molar-refractivity contribution in [1.29, 1.82) is 5.26 Å². The Kier molecular flexibility index (Phi) is 2.72. The number of nitrogens with zero attached hydrogens (tertiary/aromatic N) is 1. The molecule has 0 spiro atoms. The molecule has 0 fully saturated rings. The predicted molar refractivity (Wildman–Crippen MR) is 28.7 cm³/mol. The van der Waals surface area contributed by atoms with E-state index in [4.69, 9.17) is 11.0 Å². The summed E-state index contributed by atoms with van der Waals surface area (Å²) in [4.78, 5) is 0. The summed E-state index contributed by atoms with van der Waals surface area (Å²) >= 11 is 4.31. The molecular formula is C2H4N4S. The fourth-order valence-corrected chi connectivity index (χ4v) is 0.141. The van der Waals surface area contributed by atoms with Gasteiger partial charge in [0.05, 0.1) is 0 Å². The molecule has 0 aromatic rings. The minimum Gasteiger partial charge on any atom is -0.375 e. The zero-order valence-corrected chi connectivity index (χ0v) is 4.25. The Morgan fingerprint density at radius 2 is 2.43 bits per heavy atom. The third-order valence-corrected chi connectivity index (χ3v) is 0.344. The van der Waals surface area contributed by atoms with Crippen molar-refractivity contribution < 1.29 is 0 Å². The van der Waals surface area contributed by atoms with Crippen molar-refractivity contribution in [3.8, 4) is 6.19 Å². The summed E-state index contributed by atoms with van der Waals surface area (Å²) in [5, 5.41) is 7.83. The minimum absolute atomic E-state index is 0.0570. The smallest absolute Gasteiger partial charge is 0.197 e. The molecule has 0 aliphatic rings. The van der Waals surface area contributed by atoms with E-state index in [-0.39, 0.29) is 5.11 Å². The van der Waals surface area contributed by atoms with Crippen molar-refractivity contribution in [2.45, 2.75) is 0 Å². The van der Waals surface area contributed by atoms with Crippen LogP contribution in [0.3, 0.4) is 0 Å². The summed E-state index contributed by atoms with van der Waals surface area (Å²) in [5.74, 6) is 0. The third kappa shape index (κ3) is 4.98. The van der Waals surface area contributed by atoms with Crippen LogP contribution in [0.5, 0.6) is 0 Å². The van der Waals surface area contributed by atoms with Crippen LogP contribution in [0.25, 0.3) is 0 Å². The van der Waals surface area contributed by atoms with E-state index in [1.807, 2.05) is 5.43 Å². The summed E-state index contributed by atoms with van der Waals surface area (Å²) in [7, 11) is 0. The molecule has 0 aliphatic heterocycles. The Morgan fingerprint density at radius 1 is 1.86 bits per heavy atom. The lowest BCUT2D eigenvalue weighted by molar-refractivity contribution is 0.838. The summed E-state index contributed by atoms with van der Waals surface area (Å²) in [6.07, 6.45) is 1.57. The van der Waals surface area contributed by atoms with Gasteiger partial charge in [0.2, 0.25) is 0 Å². The second-order valence-corrected chi connectivity index (χ2v) is 1.17. The van der Waals surface area contributed by atoms with Crippen molar-refractivity contribution in [3.05, 3.63) is 0 Å². The molecule has 4 N–H and O–H groups in total. The van der Waals surface area contributed by atoms with E-state index in [1.165, 1.54) is 0 Å². The van der Waals surface area contributed by atoms with E-state index in [0.717, 1.165) is 0 Å². The van der Waals surface area contributed by atoms with Gasteiger partial charge < -0.3 is 5.73 Å². The van der Waals surface area contributed by atoms with E-state index in [9.17, 15) is 0 Å². The first-order chi connectivity index (χ1) is 3.27. The van der Waals surface area contributed by atoms with Crippen LogP contribution in [0.2, 0.25) is 0 Å². The highest BCUT2D eigenvalue weighted by Gasteiger charge is 1.75. The van der Waals surface area contributed by atoms with Crippen LogP contribution in [0.15, 0.2) is 0 Å². The van der Waals surface area contributed by atoms with Crippen LogP contribution in [-0.4, -0.2) is 5.11 Å². The lowest BCUT2D eigenvalue weighted by Gasteiger charge is -1.93. The molecule has 38 valence electrons. The number of nitriles is 1. The van der Waals surface area contributed by atoms with Gasteiger partial charge in [0.25, 0.3) is 0 Å². The second kappa shape index (κ2) is 3.18. The van der Waals surface area contributed by atoms with Gasteiger partial charge in [-0.25, -0.2) is 5.43 Å². The van der Waals surface area contributed by atoms with Crippen LogP contribution >= 0.6 is 12.2 Å². The Labute approximate surface area is 46.3 Å². The van der Waals surface area contributed by atoms with Crippen molar-refractivity contribution in [1.82, 2.24) is 10.9 Å². The Balaban J connectivity index is 3.02. The van der Waals surface area contributed by atoms with Crippen molar-refractivity contribution >= 4 is 17.3 Å². The zero-order chi connectivity index (χ0) is 5.70. The average molecular weight is 116 g/mol. The van der Waals surface area contributed by atoms with Crippen molar-refractivity contribution in [2.24, 2.45) is 5.73 Å². The number of thiocarbonyl (C=S) groups is 1. The highest BCUT2D eigenvalue weighted by molar-refractivity contribution is 7.80. The van der Waals surface area contributed by atoms with Crippen molar-refractivity contribution in [2.75, 3.05) is 0 Å². The number of nitrogens with two attached hydrogens (primary N) is 1. The van der Waals surface area contributed by atoms with Crippen LogP contribution in [0.1, 0.15) is 0 Å². The standard InChI is InChI=1S/C2H4N4S/c3-1-5-6-2(4)7/h5H,(H3,4,6,7). The van der Waals surface area contributed by atoms with Gasteiger partial charge in [0.15, 0.2) is 11.3 Å². The van der Waals surface area contributed by atoms with E-state index < -0.39 is 0 Å². The normalized spacial score (nSPS) is 6.14. The molecule has 0 aliphatic carbocycles. The average Bonchev–Trinajstić information content (AvgIpc) is 1.61. The molecule has 0 bridgehead atoms. The molecule has 4 nitrogen and oxygen atoms in total. The van der Waals surface area contributed by atoms with Crippen molar-refractivity contribution in [3.63, 3.8) is 0 Å². The number of rotatable bonds is 1. The van der Waals surface area contributed by atoms with Gasteiger partial charge in [-0.05, 0) is 12.2 Å². The molecule has 0 aromatic carbocycles. The monoisotopic (exact) mass is 116 g/mol. The summed E-state index contributed by atoms with van der Waals surface area (Å²) in [5.41, 5.74) is 9.12. The lowest BCUT2D eigenvalue weighted by atomic mass is 11.2. The largest absolute Gasteiger partial charge is 0.375 e. The van der Waals surface area contributed by atoms with Gasteiger partial charge in [-0.3, -0.25) is 5.43 Å². The fourth-order valence-electron chi connectivity index (χ4n) is 0.0896. The molecular weight excluding hydrogens is 112 g/mol. The number of nitrogens with one attached hydrogen (secondary N) is 2. The first kappa shape index (κ1) is 5.98. The zero-order valence-electron chi connectivity index (χ0n) is 3.43. The Bertz CT molecular complexity index is 103. The van der Waals surface area contributed by atoms with E-state index >= 15 is 0 Å². The quantitative estimate of drug-likeness (QED) is 0.174. The topological polar surface area (TPSA) is 73.9 Å². The van der Waals surface area contributed by atoms with E-state index in [1.54, 1.807) is 6.19 Å². The molecule has 0 saturated carbocycles. The first-order valence-electron chi connectivity index (χ1n) is 1.47. The maximum atomic E-state index is 7.78. The number of hydrazine groups is 1. The first-order valence-corrected chi connectivity index (χ1v) is 1.87. The molecule has 7 heavy (non-hydrogen) atoms. The molecule has 0 radical (unpaired) electrons. The molecule has 0 rings (SSSR count). The third-order valence-electron chi connectivity index (χ3n) is 0.242. The molecule has 0 amide bonds. The van der Waals surface area contributed by atoms with E-state index in [2.05, 4.69) is 17.6 Å². The SMILES string of the molecule is N#CNNC(N)=S. The molecule has 0 unspecified atom stereocenters. The summed E-state index contributed by atoms with van der Waals surface area (Å²) < 4.78 is 0. The molecule has 5 heteroatoms. The molecule has 0 saturated heterocycles. The predicted octanol–water partition coefficient (Wildman–Crippen LogP) is -1.19. The van der Waals surface area contributed by atoms with Gasteiger partial charge in [-0.2, -0.15) is 5.26 Å². The van der Waals surface area contributed by atoms with Gasteiger partial charge in [-0.1, -0.05) is 0 Å². The number of hydrogen-bond acceptors (Lipinski definition) is 3. The Hall–Kier alpha value is -1.02. The van der Waals surface area contributed by atoms with E-state index in [0.29, 0.717) is 0 Å². The number of hydrogen-bond donors (Lipinski definition) is 3. The van der Waals surface area contributed by atoms with Gasteiger partial charge >= 0.3 is 0 Å². The summed E-state index contributed by atoms with van der Waals surface area (Å²) in [6.45, 7) is 0. The molecule has 0 aromatic heterocycles. The molecule has 0 atom stereocenters. The van der Waals surface area contributed by atoms with Crippen LogP contribution < -0.4 is 16.6 Å². The maximum Gasteiger partial charge on any atom is 0.197 e. The van der Waals surface area contributed by atoms with Gasteiger partial charge in [-0.15, -0.1) is 0 Å². The highest BCUT2D eigenvalue weighted by Crippen LogP contribution is 1.46. The minimum atomic E-state index is 0.0570. The maximum absolute atomic E-state index is 7.78.